The van der Waals surface area contributed by atoms with Crippen LogP contribution in [0.5, 0.6) is 0 Å². The molecule has 0 radical (unpaired) electrons. The lowest BCUT2D eigenvalue weighted by Gasteiger charge is -1.98. The van der Waals surface area contributed by atoms with Gasteiger partial charge in [-0.3, -0.25) is 4.79 Å². The van der Waals surface area contributed by atoms with Crippen LogP contribution in [-0.2, 0) is 4.79 Å². The van der Waals surface area contributed by atoms with Crippen LogP contribution >= 0.6 is 11.8 Å². The van der Waals surface area contributed by atoms with Crippen molar-refractivity contribution in [1.29, 1.82) is 0 Å². The summed E-state index contributed by atoms with van der Waals surface area (Å²) in [5.74, 6) is -0.433. The quantitative estimate of drug-likeness (QED) is 0.382. The molecule has 5 heteroatoms. The van der Waals surface area contributed by atoms with Crippen LogP contribution in [-0.4, -0.2) is 17.1 Å². The molecule has 0 aliphatic carbocycles. The van der Waals surface area contributed by atoms with Gasteiger partial charge in [0.15, 0.2) is 11.5 Å². The normalized spacial score (nSPS) is 12.6. The number of aliphatic hydroxyl groups is 1. The van der Waals surface area contributed by atoms with Crippen LogP contribution in [0.3, 0.4) is 0 Å². The Morgan fingerprint density at radius 1 is 1.35 bits per heavy atom. The van der Waals surface area contributed by atoms with Gasteiger partial charge in [0.1, 0.15) is 5.76 Å². The summed E-state index contributed by atoms with van der Waals surface area (Å²) >= 11 is 1.60. The molecule has 0 heterocycles. The molecule has 0 saturated heterocycles. The van der Waals surface area contributed by atoms with Crippen LogP contribution in [0.2, 0.25) is 0 Å². The van der Waals surface area contributed by atoms with Gasteiger partial charge in [-0.1, -0.05) is 6.07 Å². The lowest BCUT2D eigenvalue weighted by atomic mass is 10.3. The molecule has 0 fully saturated rings. The first-order valence-electron chi connectivity index (χ1n) is 5.01. The van der Waals surface area contributed by atoms with Crippen molar-refractivity contribution in [2.75, 3.05) is 6.26 Å². The fourth-order valence-corrected chi connectivity index (χ4v) is 1.63. The number of Topliss-reactive ketones (excluding diaryl/α,β-unsaturated/α-hetero) is 1. The van der Waals surface area contributed by atoms with Crippen molar-refractivity contribution in [3.63, 3.8) is 0 Å². The van der Waals surface area contributed by atoms with Crippen LogP contribution in [0.15, 0.2) is 50.8 Å². The number of azo groups is 1. The SMILES string of the molecule is CSc1cccc(N=NC(C(C)=O)=C(C)O)c1. The van der Waals surface area contributed by atoms with Crippen LogP contribution in [0.1, 0.15) is 13.8 Å². The highest BCUT2D eigenvalue weighted by Gasteiger charge is 2.06. The van der Waals surface area contributed by atoms with E-state index in [4.69, 9.17) is 0 Å². The molecule has 4 nitrogen and oxygen atoms in total. The Labute approximate surface area is 104 Å². The second-order valence-electron chi connectivity index (χ2n) is 3.39. The Hall–Kier alpha value is -1.62. The summed E-state index contributed by atoms with van der Waals surface area (Å²) in [5.41, 5.74) is 0.636. The van der Waals surface area contributed by atoms with Crippen molar-refractivity contribution in [2.24, 2.45) is 10.2 Å². The average Bonchev–Trinajstić information content (AvgIpc) is 2.28. The van der Waals surface area contributed by atoms with E-state index < -0.39 is 0 Å². The van der Waals surface area contributed by atoms with Gasteiger partial charge in [-0.25, -0.2) is 0 Å². The minimum Gasteiger partial charge on any atom is -0.510 e. The van der Waals surface area contributed by atoms with Crippen LogP contribution in [0.4, 0.5) is 5.69 Å². The summed E-state index contributed by atoms with van der Waals surface area (Å²) in [6.07, 6.45) is 1.97. The molecular formula is C12H14N2O2S. The van der Waals surface area contributed by atoms with Crippen molar-refractivity contribution in [3.8, 4) is 0 Å². The van der Waals surface area contributed by atoms with E-state index in [0.29, 0.717) is 5.69 Å². The summed E-state index contributed by atoms with van der Waals surface area (Å²) in [6, 6.07) is 7.47. The molecular weight excluding hydrogens is 236 g/mol. The Kier molecular flexibility index (Phi) is 4.90. The molecule has 1 aromatic carbocycles. The maximum Gasteiger partial charge on any atom is 0.183 e. The van der Waals surface area contributed by atoms with Crippen LogP contribution in [0, 0.1) is 0 Å². The first-order valence-corrected chi connectivity index (χ1v) is 6.23. The molecule has 1 aromatic rings. The Morgan fingerprint density at radius 3 is 2.59 bits per heavy atom. The maximum absolute atomic E-state index is 11.2. The van der Waals surface area contributed by atoms with Gasteiger partial charge in [-0.15, -0.1) is 16.9 Å². The van der Waals surface area contributed by atoms with Crippen molar-refractivity contribution in [1.82, 2.24) is 0 Å². The fourth-order valence-electron chi connectivity index (χ4n) is 1.18. The first-order chi connectivity index (χ1) is 8.04. The van der Waals surface area contributed by atoms with E-state index in [2.05, 4.69) is 10.2 Å². The Balaban J connectivity index is 2.97. The standard InChI is InChI=1S/C12H14N2O2S/c1-8(15)12(9(2)16)14-13-10-5-4-6-11(7-10)17-3/h4-7,15H,1-3H3. The van der Waals surface area contributed by atoms with Crippen LogP contribution in [0.25, 0.3) is 0 Å². The largest absolute Gasteiger partial charge is 0.510 e. The van der Waals surface area contributed by atoms with E-state index in [9.17, 15) is 9.90 Å². The summed E-state index contributed by atoms with van der Waals surface area (Å²) in [4.78, 5) is 12.2. The molecule has 0 atom stereocenters. The van der Waals surface area contributed by atoms with Gasteiger partial charge in [-0.2, -0.15) is 5.11 Å². The number of hydrogen-bond donors (Lipinski definition) is 1. The first kappa shape index (κ1) is 13.4. The summed E-state index contributed by atoms with van der Waals surface area (Å²) in [5, 5.41) is 17.0. The molecule has 1 rings (SSSR count). The lowest BCUT2D eigenvalue weighted by molar-refractivity contribution is -0.113. The molecule has 90 valence electrons. The van der Waals surface area contributed by atoms with Crippen molar-refractivity contribution in [3.05, 3.63) is 35.7 Å². The molecule has 0 unspecified atom stereocenters. The number of carbonyl (C=O) groups is 1. The number of hydrogen-bond acceptors (Lipinski definition) is 5. The van der Waals surface area contributed by atoms with E-state index in [0.717, 1.165) is 4.90 Å². The van der Waals surface area contributed by atoms with Gasteiger partial charge >= 0.3 is 0 Å². The molecule has 0 aliphatic rings. The van der Waals surface area contributed by atoms with E-state index in [-0.39, 0.29) is 17.2 Å². The number of thioether (sulfide) groups is 1. The van der Waals surface area contributed by atoms with Gasteiger partial charge in [0.2, 0.25) is 0 Å². The van der Waals surface area contributed by atoms with Gasteiger partial charge in [0.05, 0.1) is 5.69 Å². The van der Waals surface area contributed by atoms with E-state index >= 15 is 0 Å². The predicted molar refractivity (Wildman–Crippen MR) is 68.7 cm³/mol. The molecule has 0 amide bonds. The minimum absolute atomic E-state index is 0.0143. The van der Waals surface area contributed by atoms with Gasteiger partial charge in [0.25, 0.3) is 0 Å². The summed E-state index contributed by atoms with van der Waals surface area (Å²) in [6.45, 7) is 2.75. The molecule has 17 heavy (non-hydrogen) atoms. The third-order valence-electron chi connectivity index (χ3n) is 1.99. The maximum atomic E-state index is 11.2. The van der Waals surface area contributed by atoms with E-state index in [1.54, 1.807) is 17.8 Å². The smallest absolute Gasteiger partial charge is 0.183 e. The highest BCUT2D eigenvalue weighted by Crippen LogP contribution is 2.22. The number of aliphatic hydroxyl groups excluding tert-OH is 1. The zero-order valence-electron chi connectivity index (χ0n) is 9.97. The highest BCUT2D eigenvalue weighted by molar-refractivity contribution is 7.98. The van der Waals surface area contributed by atoms with Gasteiger partial charge in [-0.05, 0) is 31.4 Å². The molecule has 0 aliphatic heterocycles. The minimum atomic E-state index is -0.310. The molecule has 1 N–H and O–H groups in total. The third-order valence-corrected chi connectivity index (χ3v) is 2.72. The van der Waals surface area contributed by atoms with Crippen molar-refractivity contribution in [2.45, 2.75) is 18.7 Å². The topological polar surface area (TPSA) is 62.0 Å². The summed E-state index contributed by atoms with van der Waals surface area (Å²) in [7, 11) is 0. The molecule has 0 bridgehead atoms. The number of ketones is 1. The molecule has 0 spiro atoms. The monoisotopic (exact) mass is 250 g/mol. The van der Waals surface area contributed by atoms with Gasteiger partial charge in [0, 0.05) is 11.8 Å². The second kappa shape index (κ2) is 6.20. The van der Waals surface area contributed by atoms with Crippen molar-refractivity contribution >= 4 is 23.2 Å². The Bertz CT molecular complexity index is 477. The second-order valence-corrected chi connectivity index (χ2v) is 4.27. The van der Waals surface area contributed by atoms with E-state index in [1.807, 2.05) is 24.5 Å². The van der Waals surface area contributed by atoms with E-state index in [1.165, 1.54) is 13.8 Å². The van der Waals surface area contributed by atoms with Crippen molar-refractivity contribution < 1.29 is 9.90 Å². The Morgan fingerprint density at radius 2 is 2.06 bits per heavy atom. The number of benzene rings is 1. The number of carbonyl (C=O) groups excluding carboxylic acids is 1. The molecule has 0 saturated carbocycles. The lowest BCUT2D eigenvalue weighted by Crippen LogP contribution is -1.96. The number of rotatable bonds is 4. The third kappa shape index (κ3) is 4.03. The molecule has 0 aromatic heterocycles. The summed E-state index contributed by atoms with van der Waals surface area (Å²) < 4.78 is 0. The zero-order chi connectivity index (χ0) is 12.8. The highest BCUT2D eigenvalue weighted by atomic mass is 32.2. The average molecular weight is 250 g/mol. The van der Waals surface area contributed by atoms with Gasteiger partial charge < -0.3 is 5.11 Å². The zero-order valence-corrected chi connectivity index (χ0v) is 10.8. The number of allylic oxidation sites excluding steroid dienone is 2. The van der Waals surface area contributed by atoms with Crippen LogP contribution < -0.4 is 0 Å². The fraction of sp³-hybridized carbons (Fsp3) is 0.250. The predicted octanol–water partition coefficient (Wildman–Crippen LogP) is 3.87. The number of nitrogens with zero attached hydrogens (tertiary/aromatic N) is 2.